The lowest BCUT2D eigenvalue weighted by Gasteiger charge is -2.10. The van der Waals surface area contributed by atoms with Crippen LogP contribution in [-0.2, 0) is 6.42 Å². The SMILES string of the molecule is COc1cccc(CCNc2cc(C(C)=O)ccc2C#N)c1. The van der Waals surface area contributed by atoms with E-state index in [1.165, 1.54) is 6.92 Å². The van der Waals surface area contributed by atoms with Gasteiger partial charge in [0.1, 0.15) is 11.8 Å². The van der Waals surface area contributed by atoms with Gasteiger partial charge in [0.2, 0.25) is 0 Å². The molecule has 0 heterocycles. The van der Waals surface area contributed by atoms with Crippen molar-refractivity contribution in [3.63, 3.8) is 0 Å². The summed E-state index contributed by atoms with van der Waals surface area (Å²) in [5.74, 6) is 0.814. The van der Waals surface area contributed by atoms with Crippen molar-refractivity contribution in [3.05, 3.63) is 59.2 Å². The fraction of sp³-hybridized carbons (Fsp3) is 0.222. The number of nitrogens with zero attached hydrogens (tertiary/aromatic N) is 1. The Bertz CT molecular complexity index is 717. The van der Waals surface area contributed by atoms with Gasteiger partial charge in [0.15, 0.2) is 5.78 Å². The number of benzene rings is 2. The van der Waals surface area contributed by atoms with Crippen LogP contribution >= 0.6 is 0 Å². The Kier molecular flexibility index (Phi) is 5.16. The third-order valence-electron chi connectivity index (χ3n) is 3.41. The maximum absolute atomic E-state index is 11.4. The third kappa shape index (κ3) is 3.86. The van der Waals surface area contributed by atoms with Crippen LogP contribution in [0.4, 0.5) is 5.69 Å². The smallest absolute Gasteiger partial charge is 0.159 e. The molecule has 4 heteroatoms. The average Bonchev–Trinajstić information content (AvgIpc) is 2.55. The Morgan fingerprint density at radius 2 is 2.09 bits per heavy atom. The molecule has 2 aromatic carbocycles. The number of nitriles is 1. The maximum Gasteiger partial charge on any atom is 0.159 e. The molecule has 0 aliphatic rings. The number of anilines is 1. The molecule has 1 N–H and O–H groups in total. The molecule has 0 aliphatic carbocycles. The van der Waals surface area contributed by atoms with Crippen LogP contribution in [0.2, 0.25) is 0 Å². The van der Waals surface area contributed by atoms with Crippen molar-refractivity contribution >= 4 is 11.5 Å². The number of carbonyl (C=O) groups is 1. The molecule has 22 heavy (non-hydrogen) atoms. The maximum atomic E-state index is 11.4. The summed E-state index contributed by atoms with van der Waals surface area (Å²) in [6.07, 6.45) is 0.798. The number of nitrogens with one attached hydrogen (secondary N) is 1. The summed E-state index contributed by atoms with van der Waals surface area (Å²) < 4.78 is 5.20. The summed E-state index contributed by atoms with van der Waals surface area (Å²) in [5.41, 5.74) is 2.98. The molecule has 0 radical (unpaired) electrons. The van der Waals surface area contributed by atoms with Crippen LogP contribution in [0, 0.1) is 11.3 Å². The molecule has 0 atom stereocenters. The summed E-state index contributed by atoms with van der Waals surface area (Å²) in [4.78, 5) is 11.4. The van der Waals surface area contributed by atoms with Crippen LogP contribution in [0.1, 0.15) is 28.4 Å². The van der Waals surface area contributed by atoms with Gasteiger partial charge in [-0.25, -0.2) is 0 Å². The molecule has 4 nitrogen and oxygen atoms in total. The van der Waals surface area contributed by atoms with E-state index in [2.05, 4.69) is 11.4 Å². The van der Waals surface area contributed by atoms with Gasteiger partial charge < -0.3 is 10.1 Å². The van der Waals surface area contributed by atoms with E-state index in [0.29, 0.717) is 23.4 Å². The minimum atomic E-state index is -0.0136. The summed E-state index contributed by atoms with van der Waals surface area (Å²) in [7, 11) is 1.64. The second kappa shape index (κ2) is 7.28. The number of Topliss-reactive ketones (excluding diaryl/α,β-unsaturated/α-hetero) is 1. The molecule has 2 rings (SSSR count). The van der Waals surface area contributed by atoms with Gasteiger partial charge in [-0.2, -0.15) is 5.26 Å². The van der Waals surface area contributed by atoms with Gasteiger partial charge in [0, 0.05) is 12.1 Å². The highest BCUT2D eigenvalue weighted by Gasteiger charge is 2.06. The number of ether oxygens (including phenoxy) is 1. The molecule has 0 aromatic heterocycles. The summed E-state index contributed by atoms with van der Waals surface area (Å²) in [6.45, 7) is 2.19. The van der Waals surface area contributed by atoms with Crippen LogP contribution in [-0.4, -0.2) is 19.4 Å². The molecule has 0 unspecified atom stereocenters. The number of rotatable bonds is 6. The molecular formula is C18H18N2O2. The number of carbonyl (C=O) groups excluding carboxylic acids is 1. The number of methoxy groups -OCH3 is 1. The van der Waals surface area contributed by atoms with Crippen molar-refractivity contribution in [1.29, 1.82) is 5.26 Å². The fourth-order valence-corrected chi connectivity index (χ4v) is 2.18. The first-order valence-corrected chi connectivity index (χ1v) is 7.06. The van der Waals surface area contributed by atoms with E-state index in [0.717, 1.165) is 17.7 Å². The molecule has 112 valence electrons. The lowest BCUT2D eigenvalue weighted by atomic mass is 10.1. The van der Waals surface area contributed by atoms with Crippen LogP contribution < -0.4 is 10.1 Å². The Morgan fingerprint density at radius 1 is 1.27 bits per heavy atom. The van der Waals surface area contributed by atoms with Crippen molar-refractivity contribution in [2.75, 3.05) is 19.0 Å². The Hall–Kier alpha value is -2.80. The largest absolute Gasteiger partial charge is 0.497 e. The van der Waals surface area contributed by atoms with E-state index < -0.39 is 0 Å². The fourth-order valence-electron chi connectivity index (χ4n) is 2.18. The zero-order chi connectivity index (χ0) is 15.9. The summed E-state index contributed by atoms with van der Waals surface area (Å²) in [5, 5.41) is 12.4. The lowest BCUT2D eigenvalue weighted by molar-refractivity contribution is 0.101. The number of hydrogen-bond donors (Lipinski definition) is 1. The molecule has 2 aromatic rings. The first kappa shape index (κ1) is 15.6. The molecule has 0 saturated carbocycles. The molecule has 0 amide bonds. The van der Waals surface area contributed by atoms with Gasteiger partial charge in [0.25, 0.3) is 0 Å². The van der Waals surface area contributed by atoms with Crippen LogP contribution in [0.5, 0.6) is 5.75 Å². The average molecular weight is 294 g/mol. The first-order valence-electron chi connectivity index (χ1n) is 7.06. The Morgan fingerprint density at radius 3 is 2.77 bits per heavy atom. The van der Waals surface area contributed by atoms with E-state index in [9.17, 15) is 4.79 Å². The minimum absolute atomic E-state index is 0.0136. The third-order valence-corrected chi connectivity index (χ3v) is 3.41. The standard InChI is InChI=1S/C18H18N2O2/c1-13(21)15-6-7-16(12-19)18(11-15)20-9-8-14-4-3-5-17(10-14)22-2/h3-7,10-11,20H,8-9H2,1-2H3. The van der Waals surface area contributed by atoms with Gasteiger partial charge in [-0.1, -0.05) is 12.1 Å². The topological polar surface area (TPSA) is 62.1 Å². The first-order chi connectivity index (χ1) is 10.6. The minimum Gasteiger partial charge on any atom is -0.497 e. The van der Waals surface area contributed by atoms with E-state index in [4.69, 9.17) is 10.00 Å². The normalized spacial score (nSPS) is 9.86. The lowest BCUT2D eigenvalue weighted by Crippen LogP contribution is -2.07. The van der Waals surface area contributed by atoms with Crippen LogP contribution in [0.3, 0.4) is 0 Å². The van der Waals surface area contributed by atoms with Gasteiger partial charge in [0.05, 0.1) is 18.4 Å². The van der Waals surface area contributed by atoms with E-state index in [-0.39, 0.29) is 5.78 Å². The van der Waals surface area contributed by atoms with Gasteiger partial charge in [-0.15, -0.1) is 0 Å². The predicted octanol–water partition coefficient (Wildman–Crippen LogP) is 3.42. The second-order valence-corrected chi connectivity index (χ2v) is 4.96. The van der Waals surface area contributed by atoms with Gasteiger partial charge in [-0.05, 0) is 49.2 Å². The van der Waals surface area contributed by atoms with Crippen molar-refractivity contribution in [3.8, 4) is 11.8 Å². The number of ketones is 1. The zero-order valence-corrected chi connectivity index (χ0v) is 12.7. The van der Waals surface area contributed by atoms with Crippen LogP contribution in [0.25, 0.3) is 0 Å². The highest BCUT2D eigenvalue weighted by Crippen LogP contribution is 2.18. The second-order valence-electron chi connectivity index (χ2n) is 4.96. The number of hydrogen-bond acceptors (Lipinski definition) is 4. The van der Waals surface area contributed by atoms with Crippen LogP contribution in [0.15, 0.2) is 42.5 Å². The van der Waals surface area contributed by atoms with Crippen molar-refractivity contribution in [2.45, 2.75) is 13.3 Å². The monoisotopic (exact) mass is 294 g/mol. The van der Waals surface area contributed by atoms with Crippen molar-refractivity contribution in [2.24, 2.45) is 0 Å². The summed E-state index contributed by atoms with van der Waals surface area (Å²) in [6, 6.07) is 15.1. The Labute approximate surface area is 130 Å². The molecule has 0 spiro atoms. The van der Waals surface area contributed by atoms with E-state index in [1.807, 2.05) is 24.3 Å². The van der Waals surface area contributed by atoms with Crippen molar-refractivity contribution in [1.82, 2.24) is 0 Å². The molecule has 0 bridgehead atoms. The highest BCUT2D eigenvalue weighted by molar-refractivity contribution is 5.95. The van der Waals surface area contributed by atoms with Crippen molar-refractivity contribution < 1.29 is 9.53 Å². The molecule has 0 aliphatic heterocycles. The summed E-state index contributed by atoms with van der Waals surface area (Å²) >= 11 is 0. The molecular weight excluding hydrogens is 276 g/mol. The van der Waals surface area contributed by atoms with Gasteiger partial charge in [-0.3, -0.25) is 4.79 Å². The zero-order valence-electron chi connectivity index (χ0n) is 12.7. The Balaban J connectivity index is 2.06. The highest BCUT2D eigenvalue weighted by atomic mass is 16.5. The molecule has 0 saturated heterocycles. The predicted molar refractivity (Wildman–Crippen MR) is 86.3 cm³/mol. The van der Waals surface area contributed by atoms with Gasteiger partial charge >= 0.3 is 0 Å². The van der Waals surface area contributed by atoms with E-state index in [1.54, 1.807) is 25.3 Å². The molecule has 0 fully saturated rings. The quantitative estimate of drug-likeness (QED) is 0.829. The van der Waals surface area contributed by atoms with E-state index >= 15 is 0 Å².